The van der Waals surface area contributed by atoms with Crippen molar-refractivity contribution >= 4 is 22.5 Å². The average molecular weight is 283 g/mol. The summed E-state index contributed by atoms with van der Waals surface area (Å²) >= 11 is 0. The Labute approximate surface area is 125 Å². The van der Waals surface area contributed by atoms with Gasteiger partial charge in [0.25, 0.3) is 5.91 Å². The van der Waals surface area contributed by atoms with Crippen LogP contribution in [0.4, 0.5) is 5.82 Å². The molecule has 0 aliphatic heterocycles. The van der Waals surface area contributed by atoms with Gasteiger partial charge >= 0.3 is 0 Å². The molecule has 1 heterocycles. The highest BCUT2D eigenvalue weighted by molar-refractivity contribution is 6.00. The molecule has 1 aromatic carbocycles. The summed E-state index contributed by atoms with van der Waals surface area (Å²) in [5.41, 5.74) is 0.431. The van der Waals surface area contributed by atoms with E-state index in [-0.39, 0.29) is 11.4 Å². The molecule has 1 aliphatic carbocycles. The van der Waals surface area contributed by atoms with Crippen LogP contribution in [0.3, 0.4) is 0 Å². The van der Waals surface area contributed by atoms with Crippen molar-refractivity contribution in [3.05, 3.63) is 36.0 Å². The zero-order chi connectivity index (χ0) is 14.9. The largest absolute Gasteiger partial charge is 0.370 e. The average Bonchev–Trinajstić information content (AvgIpc) is 2.45. The van der Waals surface area contributed by atoms with Crippen molar-refractivity contribution in [2.45, 2.75) is 38.6 Å². The van der Waals surface area contributed by atoms with E-state index in [1.54, 1.807) is 0 Å². The minimum absolute atomic E-state index is 0.0528. The molecule has 1 fully saturated rings. The first-order valence-electron chi connectivity index (χ1n) is 7.57. The summed E-state index contributed by atoms with van der Waals surface area (Å²) in [6, 6.07) is 9.87. The number of nitrogens with zero attached hydrogens (tertiary/aromatic N) is 1. The molecule has 21 heavy (non-hydrogen) atoms. The van der Waals surface area contributed by atoms with Crippen LogP contribution in [0.1, 0.15) is 43.6 Å². The minimum atomic E-state index is -0.0814. The van der Waals surface area contributed by atoms with E-state index in [1.807, 2.05) is 37.3 Å². The smallest absolute Gasteiger partial charge is 0.270 e. The molecule has 110 valence electrons. The number of carbonyl (C=O) groups excluding carboxylic acids is 1. The van der Waals surface area contributed by atoms with Crippen molar-refractivity contribution in [1.82, 2.24) is 10.3 Å². The van der Waals surface area contributed by atoms with Crippen molar-refractivity contribution in [3.63, 3.8) is 0 Å². The Kier molecular flexibility index (Phi) is 3.53. The van der Waals surface area contributed by atoms with Crippen LogP contribution >= 0.6 is 0 Å². The second kappa shape index (κ2) is 5.35. The maximum absolute atomic E-state index is 12.5. The molecule has 0 saturated heterocycles. The molecule has 2 N–H and O–H groups in total. The van der Waals surface area contributed by atoms with E-state index in [1.165, 1.54) is 6.42 Å². The van der Waals surface area contributed by atoms with Gasteiger partial charge < -0.3 is 10.6 Å². The van der Waals surface area contributed by atoms with Gasteiger partial charge in [0.15, 0.2) is 0 Å². The number of nitrogens with one attached hydrogen (secondary N) is 2. The number of benzene rings is 1. The number of amides is 1. The predicted octanol–water partition coefficient (Wildman–Crippen LogP) is 3.34. The lowest BCUT2D eigenvalue weighted by Crippen LogP contribution is -2.51. The van der Waals surface area contributed by atoms with Crippen LogP contribution in [0.2, 0.25) is 0 Å². The molecule has 4 nitrogen and oxygen atoms in total. The van der Waals surface area contributed by atoms with E-state index >= 15 is 0 Å². The van der Waals surface area contributed by atoms with Gasteiger partial charge in [-0.3, -0.25) is 4.79 Å². The van der Waals surface area contributed by atoms with Gasteiger partial charge in [0, 0.05) is 17.5 Å². The number of carbonyl (C=O) groups is 1. The molecule has 0 unspecified atom stereocenters. The Morgan fingerprint density at radius 2 is 2.10 bits per heavy atom. The zero-order valence-corrected chi connectivity index (χ0v) is 12.6. The molecule has 1 amide bonds. The van der Waals surface area contributed by atoms with E-state index in [2.05, 4.69) is 22.5 Å². The van der Waals surface area contributed by atoms with Crippen LogP contribution in [0.25, 0.3) is 10.8 Å². The van der Waals surface area contributed by atoms with E-state index in [4.69, 9.17) is 0 Å². The van der Waals surface area contributed by atoms with Gasteiger partial charge in [-0.15, -0.1) is 0 Å². The van der Waals surface area contributed by atoms with E-state index < -0.39 is 0 Å². The molecule has 1 aliphatic rings. The Hall–Kier alpha value is -2.10. The number of hydrogen-bond acceptors (Lipinski definition) is 3. The standard InChI is InChI=1S/C17H21N3O/c1-3-18-15-13-8-5-4-7-12(13)11-14(19-15)16(21)20-17(2)9-6-10-17/h4-5,7-8,11H,3,6,9-10H2,1-2H3,(H,18,19)(H,20,21). The molecular weight excluding hydrogens is 262 g/mol. The Balaban J connectivity index is 1.96. The van der Waals surface area contributed by atoms with E-state index in [0.29, 0.717) is 5.69 Å². The fourth-order valence-corrected chi connectivity index (χ4v) is 2.79. The number of aromatic nitrogens is 1. The maximum atomic E-state index is 12.5. The van der Waals surface area contributed by atoms with Gasteiger partial charge in [0.05, 0.1) is 0 Å². The summed E-state index contributed by atoms with van der Waals surface area (Å²) in [6.45, 7) is 4.90. The lowest BCUT2D eigenvalue weighted by molar-refractivity contribution is 0.0845. The van der Waals surface area contributed by atoms with Crippen molar-refractivity contribution in [2.75, 3.05) is 11.9 Å². The van der Waals surface area contributed by atoms with Gasteiger partial charge in [-0.2, -0.15) is 0 Å². The highest BCUT2D eigenvalue weighted by atomic mass is 16.2. The highest BCUT2D eigenvalue weighted by Crippen LogP contribution is 2.31. The SMILES string of the molecule is CCNc1nc(C(=O)NC2(C)CCC2)cc2ccccc12. The molecule has 0 spiro atoms. The number of rotatable bonds is 4. The van der Waals surface area contributed by atoms with Crippen molar-refractivity contribution in [3.8, 4) is 0 Å². The molecule has 1 aromatic heterocycles. The first-order chi connectivity index (χ1) is 10.1. The second-order valence-electron chi connectivity index (χ2n) is 5.98. The fraction of sp³-hybridized carbons (Fsp3) is 0.412. The van der Waals surface area contributed by atoms with Crippen LogP contribution < -0.4 is 10.6 Å². The van der Waals surface area contributed by atoms with Gasteiger partial charge in [-0.25, -0.2) is 4.98 Å². The van der Waals surface area contributed by atoms with E-state index in [0.717, 1.165) is 36.0 Å². The number of fused-ring (bicyclic) bond motifs is 1. The van der Waals surface area contributed by atoms with Gasteiger partial charge in [0.2, 0.25) is 0 Å². The lowest BCUT2D eigenvalue weighted by atomic mass is 9.78. The second-order valence-corrected chi connectivity index (χ2v) is 5.98. The molecule has 0 bridgehead atoms. The zero-order valence-electron chi connectivity index (χ0n) is 12.6. The maximum Gasteiger partial charge on any atom is 0.270 e. The molecular formula is C17H21N3O. The Morgan fingerprint density at radius 3 is 2.76 bits per heavy atom. The molecule has 3 rings (SSSR count). The van der Waals surface area contributed by atoms with Crippen molar-refractivity contribution < 1.29 is 4.79 Å². The van der Waals surface area contributed by atoms with Crippen molar-refractivity contribution in [1.29, 1.82) is 0 Å². The van der Waals surface area contributed by atoms with Crippen LogP contribution in [-0.4, -0.2) is 23.0 Å². The molecule has 1 saturated carbocycles. The third kappa shape index (κ3) is 2.71. The molecule has 2 aromatic rings. The highest BCUT2D eigenvalue weighted by Gasteiger charge is 2.33. The topological polar surface area (TPSA) is 54.0 Å². The minimum Gasteiger partial charge on any atom is -0.370 e. The van der Waals surface area contributed by atoms with E-state index in [9.17, 15) is 4.79 Å². The monoisotopic (exact) mass is 283 g/mol. The first-order valence-corrected chi connectivity index (χ1v) is 7.57. The Bertz CT molecular complexity index is 677. The van der Waals surface area contributed by atoms with Crippen molar-refractivity contribution in [2.24, 2.45) is 0 Å². The first kappa shape index (κ1) is 13.9. The third-order valence-corrected chi connectivity index (χ3v) is 4.19. The van der Waals surface area contributed by atoms with Crippen LogP contribution in [0, 0.1) is 0 Å². The fourth-order valence-electron chi connectivity index (χ4n) is 2.79. The van der Waals surface area contributed by atoms with Gasteiger partial charge in [-0.1, -0.05) is 24.3 Å². The summed E-state index contributed by atoms with van der Waals surface area (Å²) < 4.78 is 0. The summed E-state index contributed by atoms with van der Waals surface area (Å²) in [5, 5.41) is 8.44. The molecule has 4 heteroatoms. The normalized spacial score (nSPS) is 16.3. The summed E-state index contributed by atoms with van der Waals surface area (Å²) in [7, 11) is 0. The van der Waals surface area contributed by atoms with Crippen LogP contribution in [0.15, 0.2) is 30.3 Å². The van der Waals surface area contributed by atoms with Gasteiger partial charge in [-0.05, 0) is 44.6 Å². The molecule has 0 atom stereocenters. The number of pyridine rings is 1. The lowest BCUT2D eigenvalue weighted by Gasteiger charge is -2.39. The number of anilines is 1. The number of hydrogen-bond donors (Lipinski definition) is 2. The summed E-state index contributed by atoms with van der Waals surface area (Å²) in [6.07, 6.45) is 3.28. The Morgan fingerprint density at radius 1 is 1.33 bits per heavy atom. The van der Waals surface area contributed by atoms with Gasteiger partial charge in [0.1, 0.15) is 11.5 Å². The summed E-state index contributed by atoms with van der Waals surface area (Å²) in [5.74, 6) is 0.696. The van der Waals surface area contributed by atoms with Crippen LogP contribution in [0.5, 0.6) is 0 Å². The predicted molar refractivity (Wildman–Crippen MR) is 85.6 cm³/mol. The van der Waals surface area contributed by atoms with Crippen LogP contribution in [-0.2, 0) is 0 Å². The quantitative estimate of drug-likeness (QED) is 0.905. The molecule has 0 radical (unpaired) electrons. The summed E-state index contributed by atoms with van der Waals surface area (Å²) in [4.78, 5) is 17.0. The third-order valence-electron chi connectivity index (χ3n) is 4.19.